The Morgan fingerprint density at radius 1 is 0.402 bits per heavy atom. The molecule has 2 fully saturated rings. The number of nitrogens with zero attached hydrogens (tertiary/aromatic N) is 16. The van der Waals surface area contributed by atoms with Crippen LogP contribution < -0.4 is 61.5 Å². The maximum absolute atomic E-state index is 13.3. The van der Waals surface area contributed by atoms with Gasteiger partial charge in [0.2, 0.25) is 23.8 Å². The summed E-state index contributed by atoms with van der Waals surface area (Å²) in [5.41, 5.74) is 41.5. The lowest BCUT2D eigenvalue weighted by Crippen LogP contribution is -2.37. The Morgan fingerprint density at radius 2 is 0.701 bits per heavy atom. The van der Waals surface area contributed by atoms with Crippen molar-refractivity contribution in [2.45, 2.75) is 133 Å². The fourth-order valence-electron chi connectivity index (χ4n) is 15.4. The number of anilines is 8. The molecule has 0 amide bonds. The molecule has 9 aromatic rings. The highest BCUT2D eigenvalue weighted by Gasteiger charge is 2.39. The predicted octanol–water partition coefficient (Wildman–Crippen LogP) is 14.1. The number of carbonyl (C=O) groups excluding carboxylic acids is 4. The average Bonchev–Trinajstić information content (AvgIpc) is 0.779. The van der Waals surface area contributed by atoms with E-state index in [0.29, 0.717) is 111 Å². The molecule has 0 spiro atoms. The topological polar surface area (TPSA) is 386 Å². The molecule has 1 aromatic carbocycles. The number of fused-ring (bicyclic) bond motifs is 4. The number of nitrogen functional groups attached to an aromatic ring is 4. The zero-order valence-electron chi connectivity index (χ0n) is 67.5. The van der Waals surface area contributed by atoms with E-state index in [0.717, 1.165) is 151 Å². The van der Waals surface area contributed by atoms with Crippen molar-refractivity contribution < 1.29 is 42.9 Å². The highest BCUT2D eigenvalue weighted by molar-refractivity contribution is 6.37. The molecule has 15 rings (SSSR count). The summed E-state index contributed by atoms with van der Waals surface area (Å²) in [4.78, 5) is 112. The van der Waals surface area contributed by atoms with Crippen LogP contribution in [0, 0.1) is 55.4 Å². The van der Waals surface area contributed by atoms with Crippen molar-refractivity contribution in [2.24, 2.45) is 0 Å². The third-order valence-corrected chi connectivity index (χ3v) is 22.5. The molecule has 6 aliphatic rings. The van der Waals surface area contributed by atoms with Crippen molar-refractivity contribution in [3.63, 3.8) is 0 Å². The molecule has 1 saturated carbocycles. The third-order valence-electron chi connectivity index (χ3n) is 21.4. The molecule has 1 saturated heterocycles. The Kier molecular flexibility index (Phi) is 26.7. The minimum absolute atomic E-state index is 0.0169. The number of ether oxygens (including phenoxy) is 5. The van der Waals surface area contributed by atoms with Gasteiger partial charge >= 0.3 is 0 Å². The second kappa shape index (κ2) is 36.8. The van der Waals surface area contributed by atoms with E-state index in [1.165, 1.54) is 12.0 Å². The van der Waals surface area contributed by atoms with Gasteiger partial charge in [-0.1, -0.05) is 100 Å². The third kappa shape index (κ3) is 18.1. The molecule has 8 N–H and O–H groups in total. The van der Waals surface area contributed by atoms with Crippen LogP contribution in [-0.4, -0.2) is 151 Å². The molecule has 29 nitrogen and oxygen atoms in total. The molecule has 610 valence electrons. The van der Waals surface area contributed by atoms with Gasteiger partial charge in [0.25, 0.3) is 0 Å². The number of rotatable bonds is 13. The minimum atomic E-state index is -0.203. The summed E-state index contributed by atoms with van der Waals surface area (Å²) >= 11 is 25.3. The summed E-state index contributed by atoms with van der Waals surface area (Å²) in [6.45, 7) is 22.1. The molecule has 0 radical (unpaired) electrons. The summed E-state index contributed by atoms with van der Waals surface area (Å²) in [6, 6.07) is 9.66. The maximum Gasteiger partial charge on any atom is 0.223 e. The first-order valence-electron chi connectivity index (χ1n) is 37.9. The number of hydrogen-bond acceptors (Lipinski definition) is 29. The number of allylic oxidation sites excluding steroid dienone is 2. The van der Waals surface area contributed by atoms with Crippen LogP contribution in [-0.2, 0) is 30.9 Å². The van der Waals surface area contributed by atoms with E-state index in [2.05, 4.69) is 59.8 Å². The van der Waals surface area contributed by atoms with Gasteiger partial charge in [0.15, 0.2) is 23.1 Å². The van der Waals surface area contributed by atoms with Crippen LogP contribution in [0.1, 0.15) is 166 Å². The number of carbonyl (C=O) groups is 4. The predicted molar refractivity (Wildman–Crippen MR) is 454 cm³/mol. The van der Waals surface area contributed by atoms with Crippen molar-refractivity contribution in [2.75, 3.05) is 110 Å². The summed E-state index contributed by atoms with van der Waals surface area (Å²) in [7, 11) is 6.59. The monoisotopic (exact) mass is 1660 g/mol. The smallest absolute Gasteiger partial charge is 0.223 e. The van der Waals surface area contributed by atoms with E-state index in [9.17, 15) is 19.2 Å². The number of hydrogen-bond donors (Lipinski definition) is 4. The first-order chi connectivity index (χ1) is 56.1. The van der Waals surface area contributed by atoms with Gasteiger partial charge in [-0.25, -0.2) is 19.9 Å². The molecule has 0 atom stereocenters. The molecule has 33 heteroatoms. The average molecular weight is 1670 g/mol. The van der Waals surface area contributed by atoms with Crippen molar-refractivity contribution in [3.8, 4) is 23.0 Å². The van der Waals surface area contributed by atoms with Crippen LogP contribution in [0.3, 0.4) is 0 Å². The Labute approximate surface area is 698 Å². The quantitative estimate of drug-likeness (QED) is 0.0615. The second-order valence-electron chi connectivity index (χ2n) is 28.9. The largest absolute Gasteiger partial charge is 0.496 e. The highest BCUT2D eigenvalue weighted by atomic mass is 35.5. The number of methoxy groups -OCH3 is 4. The van der Waals surface area contributed by atoms with E-state index >= 15 is 0 Å². The Morgan fingerprint density at radius 3 is 1.03 bits per heavy atom. The molecule has 117 heavy (non-hydrogen) atoms. The lowest BCUT2D eigenvalue weighted by molar-refractivity contribution is 0.100. The second-order valence-corrected chi connectivity index (χ2v) is 30.4. The Hall–Kier alpha value is -11.5. The standard InChI is InChI=1S/C23H22ClN5O2.C22H26ClN5O2.C21H24ClN5O3.C18H20ClN5O2/c1-13-10-26-17(14(2)20(13)31-3)12-29-11-16(9-15-7-5-4-6-8-15)19(30)18-21(24)27-23(25)28-22(18)29;1-12-9-25-16(13(2)19(12)30-3)11-28-10-15(14-7-5-4-6-8-14)18(29)17-20(23)26-22(24)27-21(17)28;1-11-8-24-15(12(2)18(11)29-3)10-27-9-14(13-4-6-30-7-5-13)17(28)16-19(22)25-21(23)26-20(16)27;1-5-11-7-24(8-12-10(3)15(26-4)9(2)6-21-12)17-13(14(11)25)16(19)22-18(20)23-17/h4-10H,11-12H2,1-3H3,(H2,25,27,28);9H,4-8,10-11H2,1-3H3,(H2,24,26,27);8H,4-7,9-10H2,1-3H3,(H2,23,25,26);5-6H,7-8H2,1-4H3,(H2,20,22,23)/b16-9+;;;11-5+. The number of aryl methyl sites for hydroxylation is 4. The summed E-state index contributed by atoms with van der Waals surface area (Å²) in [5, 5.41) is 0.283. The number of ketones is 4. The van der Waals surface area contributed by atoms with Gasteiger partial charge in [0, 0.05) is 118 Å². The number of Topliss-reactive ketones (excluding diaryl/α,β-unsaturated/α-hetero) is 4. The lowest BCUT2D eigenvalue weighted by Gasteiger charge is -2.33. The minimum Gasteiger partial charge on any atom is -0.496 e. The van der Waals surface area contributed by atoms with Gasteiger partial charge in [-0.05, 0) is 112 Å². The highest BCUT2D eigenvalue weighted by Crippen LogP contribution is 2.43. The first-order valence-corrected chi connectivity index (χ1v) is 39.4. The van der Waals surface area contributed by atoms with Gasteiger partial charge in [0.05, 0.1) is 90.6 Å². The zero-order chi connectivity index (χ0) is 84.0. The normalized spacial score (nSPS) is 15.8. The molecule has 1 aliphatic carbocycles. The van der Waals surface area contributed by atoms with E-state index in [1.807, 2.05) is 118 Å². The van der Waals surface area contributed by atoms with Crippen LogP contribution in [0.15, 0.2) is 94.6 Å². The molecule has 5 aliphatic heterocycles. The number of aromatic nitrogens is 12. The SMILES string of the molecule is C/C=C1\CN(Cc2ncc(C)c(OC)c2C)c2nc(N)nc(Cl)c2C1=O.COc1c(C)cnc(CN2C/C(=C\c3ccccc3)C(=O)c3c(Cl)nc(N)nc32)c1C.COc1c(C)cnc(CN2CC(=C3CCCCC3)C(=O)c3c(Cl)nc(N)nc32)c1C.COc1c(C)cnc(CN2CC(=C3CCOCC3)C(=O)c3c(Cl)nc(N)nc32)c1C. The summed E-state index contributed by atoms with van der Waals surface area (Å²) < 4.78 is 27.6. The molecule has 8 aromatic heterocycles. The van der Waals surface area contributed by atoms with Gasteiger partial charge in [-0.15, -0.1) is 0 Å². The van der Waals surface area contributed by atoms with Crippen molar-refractivity contribution in [1.29, 1.82) is 0 Å². The first kappa shape index (κ1) is 84.9. The van der Waals surface area contributed by atoms with Gasteiger partial charge < -0.3 is 66.2 Å². The van der Waals surface area contributed by atoms with E-state index in [4.69, 9.17) is 93.0 Å². The fraction of sp³-hybridized carbons (Fsp3) is 0.357. The van der Waals surface area contributed by atoms with Crippen LogP contribution in [0.4, 0.5) is 47.1 Å². The van der Waals surface area contributed by atoms with Crippen LogP contribution in [0.25, 0.3) is 6.08 Å². The van der Waals surface area contributed by atoms with E-state index < -0.39 is 0 Å². The van der Waals surface area contributed by atoms with Gasteiger partial charge in [-0.2, -0.15) is 19.9 Å². The van der Waals surface area contributed by atoms with Crippen molar-refractivity contribution in [3.05, 3.63) is 210 Å². The number of pyridine rings is 4. The van der Waals surface area contributed by atoms with E-state index in [1.54, 1.807) is 59.3 Å². The van der Waals surface area contributed by atoms with Crippen molar-refractivity contribution in [1.82, 2.24) is 59.8 Å². The molecule has 0 unspecified atom stereocenters. The van der Waals surface area contributed by atoms with Crippen LogP contribution in [0.5, 0.6) is 23.0 Å². The zero-order valence-corrected chi connectivity index (χ0v) is 70.5. The Bertz CT molecular complexity index is 5390. The summed E-state index contributed by atoms with van der Waals surface area (Å²) in [6.07, 6.45) is 17.6. The van der Waals surface area contributed by atoms with Crippen molar-refractivity contribution >= 4 is 123 Å². The van der Waals surface area contributed by atoms with Crippen LogP contribution >= 0.6 is 46.4 Å². The molecular formula is C84H92Cl4N20O9. The maximum atomic E-state index is 13.3. The lowest BCUT2D eigenvalue weighted by atomic mass is 9.86. The van der Waals surface area contributed by atoms with Gasteiger partial charge in [-0.3, -0.25) is 39.1 Å². The van der Waals surface area contributed by atoms with E-state index in [-0.39, 0.29) is 78.7 Å². The number of nitrogens with two attached hydrogens (primary N) is 4. The summed E-state index contributed by atoms with van der Waals surface area (Å²) in [5.74, 6) is 4.51. The fourth-order valence-corrected chi connectivity index (χ4v) is 16.5. The number of benzene rings is 1. The van der Waals surface area contributed by atoms with Crippen LogP contribution in [0.2, 0.25) is 20.6 Å². The molecule has 0 bridgehead atoms. The number of halogens is 4. The Balaban J connectivity index is 0.000000144. The molecule has 13 heterocycles. The van der Waals surface area contributed by atoms with Gasteiger partial charge in [0.1, 0.15) is 89.1 Å². The molecular weight excluding hydrogens is 1570 g/mol.